The molecular weight excluding hydrogens is 280 g/mol. The Morgan fingerprint density at radius 1 is 0.773 bits per heavy atom. The van der Waals surface area contributed by atoms with Crippen LogP contribution >= 0.6 is 0 Å². The van der Waals surface area contributed by atoms with Gasteiger partial charge in [-0.2, -0.15) is 0 Å². The molecular formula is C17H16N2O3. The normalized spacial score (nSPS) is 10.2. The molecule has 22 heavy (non-hydrogen) atoms. The Labute approximate surface area is 128 Å². The summed E-state index contributed by atoms with van der Waals surface area (Å²) in [6.45, 7) is 0.864. The number of rotatable bonds is 7. The quantitative estimate of drug-likeness (QED) is 0.628. The van der Waals surface area contributed by atoms with Gasteiger partial charge in [0.05, 0.1) is 12.4 Å². The van der Waals surface area contributed by atoms with Crippen molar-refractivity contribution in [2.24, 2.45) is 0 Å². The molecule has 0 unspecified atom stereocenters. The molecule has 5 heteroatoms. The molecule has 3 aromatic rings. The van der Waals surface area contributed by atoms with E-state index in [0.29, 0.717) is 13.2 Å². The van der Waals surface area contributed by atoms with E-state index in [0.717, 1.165) is 17.2 Å². The van der Waals surface area contributed by atoms with Crippen LogP contribution in [0, 0.1) is 0 Å². The van der Waals surface area contributed by atoms with Gasteiger partial charge in [-0.05, 0) is 42.5 Å². The first kappa shape index (κ1) is 14.0. The highest BCUT2D eigenvalue weighted by Crippen LogP contribution is 2.23. The van der Waals surface area contributed by atoms with Crippen molar-refractivity contribution in [2.75, 3.05) is 13.2 Å². The van der Waals surface area contributed by atoms with Crippen molar-refractivity contribution in [3.63, 3.8) is 0 Å². The summed E-state index contributed by atoms with van der Waals surface area (Å²) in [5.74, 6) is 2.35. The van der Waals surface area contributed by atoms with Crippen molar-refractivity contribution in [3.8, 4) is 17.2 Å². The van der Waals surface area contributed by atoms with Crippen LogP contribution in [0.5, 0.6) is 17.2 Å². The molecule has 0 radical (unpaired) electrons. The number of para-hydroxylation sites is 1. The smallest absolute Gasteiger partial charge is 0.151 e. The Kier molecular flexibility index (Phi) is 4.57. The van der Waals surface area contributed by atoms with Gasteiger partial charge in [0, 0.05) is 0 Å². The lowest BCUT2D eigenvalue weighted by Gasteiger charge is -2.09. The third-order valence-corrected chi connectivity index (χ3v) is 2.86. The summed E-state index contributed by atoms with van der Waals surface area (Å²) in [5.41, 5.74) is 0. The van der Waals surface area contributed by atoms with Crippen molar-refractivity contribution in [3.05, 3.63) is 73.1 Å². The van der Waals surface area contributed by atoms with E-state index in [-0.39, 0.29) is 0 Å². The van der Waals surface area contributed by atoms with Gasteiger partial charge in [-0.25, -0.2) is 0 Å². The monoisotopic (exact) mass is 296 g/mol. The molecule has 3 rings (SSSR count). The first-order chi connectivity index (χ1) is 10.9. The Morgan fingerprint density at radius 3 is 2.23 bits per heavy atom. The summed E-state index contributed by atoms with van der Waals surface area (Å²) in [6.07, 6.45) is 3.39. The largest absolute Gasteiger partial charge is 0.490 e. The second-order valence-electron chi connectivity index (χ2n) is 4.48. The Hall–Kier alpha value is -2.95. The predicted octanol–water partition coefficient (Wildman–Crippen LogP) is 3.18. The van der Waals surface area contributed by atoms with E-state index in [4.69, 9.17) is 14.3 Å². The minimum absolute atomic E-state index is 0.421. The van der Waals surface area contributed by atoms with Crippen LogP contribution in [0.15, 0.2) is 73.1 Å². The highest BCUT2D eigenvalue weighted by Gasteiger charge is 1.99. The van der Waals surface area contributed by atoms with E-state index < -0.39 is 0 Å². The third-order valence-electron chi connectivity index (χ3n) is 2.86. The van der Waals surface area contributed by atoms with Crippen molar-refractivity contribution in [1.29, 1.82) is 0 Å². The van der Waals surface area contributed by atoms with Gasteiger partial charge in [-0.15, -0.1) is 9.94 Å². The maximum Gasteiger partial charge on any atom is 0.151 e. The maximum absolute atomic E-state index is 5.72. The molecule has 1 heterocycles. The Balaban J connectivity index is 1.45. The fraction of sp³-hybridized carbons (Fsp3) is 0.118. The number of hydrogen-bond acceptors (Lipinski definition) is 4. The standard InChI is InChI=1S/C17H16N2O3/c1-2-5-16(6-3-1)22-17-9-7-15(8-10-17)20-13-14-21-19-12-4-11-18-19/h1-12H,13-14H2. The summed E-state index contributed by atoms with van der Waals surface area (Å²) in [5, 5.41) is 3.93. The molecule has 0 aliphatic heterocycles. The van der Waals surface area contributed by atoms with Gasteiger partial charge in [-0.3, -0.25) is 0 Å². The summed E-state index contributed by atoms with van der Waals surface area (Å²) in [4.78, 5) is 6.73. The van der Waals surface area contributed by atoms with Crippen LogP contribution in [-0.4, -0.2) is 23.2 Å². The zero-order chi connectivity index (χ0) is 15.0. The molecule has 2 aromatic carbocycles. The molecule has 0 saturated carbocycles. The summed E-state index contributed by atoms with van der Waals surface area (Å²) >= 11 is 0. The first-order valence-corrected chi connectivity index (χ1v) is 6.99. The molecule has 112 valence electrons. The van der Waals surface area contributed by atoms with Gasteiger partial charge in [0.1, 0.15) is 23.9 Å². The number of hydrogen-bond donors (Lipinski definition) is 0. The van der Waals surface area contributed by atoms with E-state index >= 15 is 0 Å². The maximum atomic E-state index is 5.72. The van der Waals surface area contributed by atoms with Crippen molar-refractivity contribution in [1.82, 2.24) is 9.94 Å². The molecule has 0 bridgehead atoms. The van der Waals surface area contributed by atoms with Crippen LogP contribution in [0.1, 0.15) is 0 Å². The van der Waals surface area contributed by atoms with Gasteiger partial charge in [-0.1, -0.05) is 18.2 Å². The lowest BCUT2D eigenvalue weighted by Crippen LogP contribution is -2.18. The van der Waals surface area contributed by atoms with E-state index in [1.165, 1.54) is 4.85 Å². The molecule has 0 aliphatic carbocycles. The van der Waals surface area contributed by atoms with Crippen molar-refractivity contribution in [2.45, 2.75) is 0 Å². The van der Waals surface area contributed by atoms with Gasteiger partial charge in [0.25, 0.3) is 0 Å². The van der Waals surface area contributed by atoms with Crippen LogP contribution in [0.3, 0.4) is 0 Å². The predicted molar refractivity (Wildman–Crippen MR) is 82.1 cm³/mol. The number of aromatic nitrogens is 2. The van der Waals surface area contributed by atoms with Crippen molar-refractivity contribution < 1.29 is 14.3 Å². The topological polar surface area (TPSA) is 45.5 Å². The second-order valence-corrected chi connectivity index (χ2v) is 4.48. The van der Waals surface area contributed by atoms with Gasteiger partial charge >= 0.3 is 0 Å². The summed E-state index contributed by atoms with van der Waals surface area (Å²) < 4.78 is 11.3. The lowest BCUT2D eigenvalue weighted by atomic mass is 10.3. The van der Waals surface area contributed by atoms with Crippen LogP contribution in [-0.2, 0) is 0 Å². The average Bonchev–Trinajstić information content (AvgIpc) is 3.07. The van der Waals surface area contributed by atoms with E-state index in [2.05, 4.69) is 5.10 Å². The van der Waals surface area contributed by atoms with Crippen LogP contribution in [0.2, 0.25) is 0 Å². The second kappa shape index (κ2) is 7.17. The molecule has 0 atom stereocenters. The van der Waals surface area contributed by atoms with Gasteiger partial charge in [0.2, 0.25) is 0 Å². The van der Waals surface area contributed by atoms with Gasteiger partial charge in [0.15, 0.2) is 6.61 Å². The number of ether oxygens (including phenoxy) is 2. The van der Waals surface area contributed by atoms with Gasteiger partial charge < -0.3 is 14.3 Å². The minimum Gasteiger partial charge on any atom is -0.490 e. The highest BCUT2D eigenvalue weighted by molar-refractivity contribution is 5.35. The third kappa shape index (κ3) is 4.02. The fourth-order valence-corrected chi connectivity index (χ4v) is 1.85. The molecule has 0 aliphatic rings. The van der Waals surface area contributed by atoms with Crippen LogP contribution < -0.4 is 14.3 Å². The van der Waals surface area contributed by atoms with E-state index in [9.17, 15) is 0 Å². The lowest BCUT2D eigenvalue weighted by molar-refractivity contribution is 0.0596. The molecule has 0 amide bonds. The molecule has 0 spiro atoms. The zero-order valence-electron chi connectivity index (χ0n) is 12.0. The zero-order valence-corrected chi connectivity index (χ0v) is 12.0. The van der Waals surface area contributed by atoms with E-state index in [1.54, 1.807) is 18.5 Å². The van der Waals surface area contributed by atoms with Crippen molar-refractivity contribution >= 4 is 0 Å². The minimum atomic E-state index is 0.421. The molecule has 1 aromatic heterocycles. The highest BCUT2D eigenvalue weighted by atomic mass is 16.7. The SMILES string of the molecule is c1ccc(Oc2ccc(OCCOn3cccn3)cc2)cc1. The molecule has 0 N–H and O–H groups in total. The molecule has 0 fully saturated rings. The Bertz CT molecular complexity index is 667. The fourth-order valence-electron chi connectivity index (χ4n) is 1.85. The number of benzene rings is 2. The van der Waals surface area contributed by atoms with E-state index in [1.807, 2.05) is 54.6 Å². The van der Waals surface area contributed by atoms with Crippen LogP contribution in [0.4, 0.5) is 0 Å². The van der Waals surface area contributed by atoms with Crippen LogP contribution in [0.25, 0.3) is 0 Å². The summed E-state index contributed by atoms with van der Waals surface area (Å²) in [6, 6.07) is 18.9. The molecule has 5 nitrogen and oxygen atoms in total. The molecule has 0 saturated heterocycles. The number of nitrogens with zero attached hydrogens (tertiary/aromatic N) is 2. The average molecular weight is 296 g/mol. The first-order valence-electron chi connectivity index (χ1n) is 6.99. The summed E-state index contributed by atoms with van der Waals surface area (Å²) in [7, 11) is 0. The Morgan fingerprint density at radius 2 is 1.50 bits per heavy atom.